The maximum absolute atomic E-state index is 12.9. The van der Waals surface area contributed by atoms with Crippen LogP contribution < -0.4 is 10.1 Å². The highest BCUT2D eigenvalue weighted by Gasteiger charge is 2.30. The van der Waals surface area contributed by atoms with Crippen molar-refractivity contribution in [2.24, 2.45) is 0 Å². The summed E-state index contributed by atoms with van der Waals surface area (Å²) in [7, 11) is 1.61. The molecule has 1 aliphatic heterocycles. The Kier molecular flexibility index (Phi) is 6.41. The predicted octanol–water partition coefficient (Wildman–Crippen LogP) is 4.23. The number of nitrogens with one attached hydrogen (secondary N) is 1. The fourth-order valence-corrected chi connectivity index (χ4v) is 3.42. The van der Waals surface area contributed by atoms with Crippen molar-refractivity contribution in [3.63, 3.8) is 0 Å². The fourth-order valence-electron chi connectivity index (χ4n) is 3.12. The molecule has 0 spiro atoms. The van der Waals surface area contributed by atoms with Crippen molar-refractivity contribution >= 4 is 23.0 Å². The molecule has 0 amide bonds. The molecule has 1 aliphatic rings. The molecular weight excluding hydrogens is 387 g/mol. The van der Waals surface area contributed by atoms with Crippen LogP contribution in [0.1, 0.15) is 11.1 Å². The van der Waals surface area contributed by atoms with Crippen molar-refractivity contribution in [3.8, 4) is 5.75 Å². The van der Waals surface area contributed by atoms with Gasteiger partial charge in [-0.25, -0.2) is 0 Å². The van der Waals surface area contributed by atoms with E-state index < -0.39 is 11.7 Å². The normalized spacial score (nSPS) is 15.4. The number of methoxy groups -OCH3 is 1. The number of anilines is 1. The van der Waals surface area contributed by atoms with E-state index in [1.807, 2.05) is 24.3 Å². The van der Waals surface area contributed by atoms with Gasteiger partial charge in [0.25, 0.3) is 0 Å². The number of hydrogen-bond donors (Lipinski definition) is 1. The molecular formula is C20H22F3N3OS. The number of ether oxygens (including phenoxy) is 1. The summed E-state index contributed by atoms with van der Waals surface area (Å²) in [6.45, 7) is 3.39. The summed E-state index contributed by atoms with van der Waals surface area (Å²) in [6, 6.07) is 13.1. The van der Waals surface area contributed by atoms with Crippen LogP contribution in [0.25, 0.3) is 0 Å². The number of halogens is 3. The van der Waals surface area contributed by atoms with Crippen LogP contribution >= 0.6 is 12.2 Å². The summed E-state index contributed by atoms with van der Waals surface area (Å²) in [6.07, 6.45) is -4.31. The summed E-state index contributed by atoms with van der Waals surface area (Å²) >= 11 is 5.49. The molecule has 4 nitrogen and oxygen atoms in total. The Hall–Kier alpha value is -2.32. The second kappa shape index (κ2) is 8.79. The monoisotopic (exact) mass is 409 g/mol. The summed E-state index contributed by atoms with van der Waals surface area (Å²) in [4.78, 5) is 4.21. The van der Waals surface area contributed by atoms with Crippen LogP contribution in [-0.2, 0) is 12.7 Å². The molecule has 0 aliphatic carbocycles. The average Bonchev–Trinajstić information content (AvgIpc) is 2.68. The molecule has 0 aromatic heterocycles. The number of nitrogens with zero attached hydrogens (tertiary/aromatic N) is 2. The molecule has 0 atom stereocenters. The molecule has 2 aromatic carbocycles. The number of hydrogen-bond acceptors (Lipinski definition) is 3. The molecule has 28 heavy (non-hydrogen) atoms. The fraction of sp³-hybridized carbons (Fsp3) is 0.350. The Balaban J connectivity index is 1.52. The van der Waals surface area contributed by atoms with Gasteiger partial charge in [-0.3, -0.25) is 4.90 Å². The summed E-state index contributed by atoms with van der Waals surface area (Å²) < 4.78 is 43.8. The molecule has 8 heteroatoms. The van der Waals surface area contributed by atoms with Crippen molar-refractivity contribution in [1.29, 1.82) is 0 Å². The first-order valence-electron chi connectivity index (χ1n) is 8.93. The Bertz CT molecular complexity index is 820. The molecule has 1 saturated heterocycles. The van der Waals surface area contributed by atoms with E-state index in [9.17, 15) is 13.2 Å². The van der Waals surface area contributed by atoms with Gasteiger partial charge in [0.1, 0.15) is 5.75 Å². The van der Waals surface area contributed by atoms with E-state index in [4.69, 9.17) is 17.0 Å². The van der Waals surface area contributed by atoms with Crippen LogP contribution in [0.15, 0.2) is 48.5 Å². The van der Waals surface area contributed by atoms with Crippen LogP contribution in [0.4, 0.5) is 18.9 Å². The van der Waals surface area contributed by atoms with Crippen LogP contribution in [0.5, 0.6) is 5.75 Å². The standard InChI is InChI=1S/C20H22F3N3OS/c1-27-18-7-3-6-17(13-18)24-19(28)26-10-8-25(9-11-26)14-15-4-2-5-16(12-15)20(21,22)23/h2-7,12-13H,8-11,14H2,1H3,(H,24,28). The summed E-state index contributed by atoms with van der Waals surface area (Å²) in [5.41, 5.74) is 0.920. The topological polar surface area (TPSA) is 27.7 Å². The zero-order valence-electron chi connectivity index (χ0n) is 15.5. The molecule has 3 rings (SSSR count). The zero-order chi connectivity index (χ0) is 20.1. The molecule has 1 fully saturated rings. The lowest BCUT2D eigenvalue weighted by Crippen LogP contribution is -2.49. The smallest absolute Gasteiger partial charge is 0.416 e. The Morgan fingerprint density at radius 1 is 1.07 bits per heavy atom. The summed E-state index contributed by atoms with van der Waals surface area (Å²) in [5.74, 6) is 0.749. The second-order valence-corrected chi connectivity index (χ2v) is 7.01. The van der Waals surface area contributed by atoms with E-state index in [0.717, 1.165) is 43.7 Å². The molecule has 0 bridgehead atoms. The van der Waals surface area contributed by atoms with E-state index in [2.05, 4.69) is 15.1 Å². The maximum Gasteiger partial charge on any atom is 0.416 e. The number of benzene rings is 2. The largest absolute Gasteiger partial charge is 0.497 e. The molecule has 0 unspecified atom stereocenters. The first-order valence-corrected chi connectivity index (χ1v) is 9.34. The number of piperazine rings is 1. The van der Waals surface area contributed by atoms with Gasteiger partial charge in [0.05, 0.1) is 12.7 Å². The SMILES string of the molecule is COc1cccc(NC(=S)N2CCN(Cc3cccc(C(F)(F)F)c3)CC2)c1. The van der Waals surface area contributed by atoms with Crippen molar-refractivity contribution < 1.29 is 17.9 Å². The molecule has 2 aromatic rings. The minimum Gasteiger partial charge on any atom is -0.497 e. The van der Waals surface area contributed by atoms with Crippen molar-refractivity contribution in [2.75, 3.05) is 38.6 Å². The highest BCUT2D eigenvalue weighted by molar-refractivity contribution is 7.80. The first-order chi connectivity index (χ1) is 13.3. The van der Waals surface area contributed by atoms with Gasteiger partial charge in [-0.1, -0.05) is 24.3 Å². The van der Waals surface area contributed by atoms with Crippen molar-refractivity contribution in [2.45, 2.75) is 12.7 Å². The predicted molar refractivity (Wildman–Crippen MR) is 108 cm³/mol. The van der Waals surface area contributed by atoms with Gasteiger partial charge in [0, 0.05) is 44.5 Å². The van der Waals surface area contributed by atoms with Crippen molar-refractivity contribution in [1.82, 2.24) is 9.80 Å². The van der Waals surface area contributed by atoms with Crippen LogP contribution in [0.3, 0.4) is 0 Å². The second-order valence-electron chi connectivity index (χ2n) is 6.62. The Morgan fingerprint density at radius 2 is 1.79 bits per heavy atom. The third-order valence-electron chi connectivity index (χ3n) is 4.64. The van der Waals surface area contributed by atoms with Gasteiger partial charge < -0.3 is 15.0 Å². The highest BCUT2D eigenvalue weighted by Crippen LogP contribution is 2.29. The summed E-state index contributed by atoms with van der Waals surface area (Å²) in [5, 5.41) is 3.84. The molecule has 150 valence electrons. The quantitative estimate of drug-likeness (QED) is 0.763. The van der Waals surface area contributed by atoms with E-state index >= 15 is 0 Å². The Morgan fingerprint density at radius 3 is 2.46 bits per heavy atom. The molecule has 0 radical (unpaired) electrons. The number of rotatable bonds is 4. The lowest BCUT2D eigenvalue weighted by molar-refractivity contribution is -0.137. The number of alkyl halides is 3. The van der Waals surface area contributed by atoms with Crippen LogP contribution in [0.2, 0.25) is 0 Å². The average molecular weight is 409 g/mol. The van der Waals surface area contributed by atoms with Gasteiger partial charge in [-0.15, -0.1) is 0 Å². The van der Waals surface area contributed by atoms with Crippen molar-refractivity contribution in [3.05, 3.63) is 59.7 Å². The molecule has 1 heterocycles. The Labute approximate surface area is 167 Å². The third-order valence-corrected chi connectivity index (χ3v) is 5.00. The lowest BCUT2D eigenvalue weighted by atomic mass is 10.1. The van der Waals surface area contributed by atoms with E-state index in [1.54, 1.807) is 13.2 Å². The van der Waals surface area contributed by atoms with Gasteiger partial charge >= 0.3 is 6.18 Å². The maximum atomic E-state index is 12.9. The van der Waals surface area contributed by atoms with Gasteiger partial charge in [0.2, 0.25) is 0 Å². The first kappa shape index (κ1) is 20.4. The molecule has 1 N–H and O–H groups in total. The number of thiocarbonyl (C=S) groups is 1. The third kappa shape index (κ3) is 5.36. The van der Waals surface area contributed by atoms with Crippen LogP contribution in [0, 0.1) is 0 Å². The molecule has 0 saturated carbocycles. The minimum atomic E-state index is -4.31. The van der Waals surface area contributed by atoms with E-state index in [1.165, 1.54) is 12.1 Å². The van der Waals surface area contributed by atoms with E-state index in [-0.39, 0.29) is 0 Å². The van der Waals surface area contributed by atoms with Gasteiger partial charge in [-0.05, 0) is 36.0 Å². The lowest BCUT2D eigenvalue weighted by Gasteiger charge is -2.36. The van der Waals surface area contributed by atoms with E-state index in [0.29, 0.717) is 17.2 Å². The zero-order valence-corrected chi connectivity index (χ0v) is 16.3. The van der Waals surface area contributed by atoms with Gasteiger partial charge in [-0.2, -0.15) is 13.2 Å². The minimum absolute atomic E-state index is 0.494. The van der Waals surface area contributed by atoms with Gasteiger partial charge in [0.15, 0.2) is 5.11 Å². The highest BCUT2D eigenvalue weighted by atomic mass is 32.1. The van der Waals surface area contributed by atoms with Crippen LogP contribution in [-0.4, -0.2) is 48.2 Å².